The number of nitrogens with zero attached hydrogens (tertiary/aromatic N) is 1. The average molecular weight is 269 g/mol. The maximum Gasteiger partial charge on any atom is 0.0953 e. The number of fused-ring (bicyclic) bond motifs is 1. The van der Waals surface area contributed by atoms with Gasteiger partial charge in [0, 0.05) is 23.8 Å². The Balaban J connectivity index is 1.86. The summed E-state index contributed by atoms with van der Waals surface area (Å²) in [5.74, 6) is 0. The maximum absolute atomic E-state index is 6.03. The first kappa shape index (κ1) is 13.2. The monoisotopic (exact) mass is 269 g/mol. The molecule has 0 aliphatic heterocycles. The number of pyridine rings is 1. The van der Waals surface area contributed by atoms with Crippen LogP contribution in [0.3, 0.4) is 0 Å². The molecule has 3 rings (SSSR count). The lowest BCUT2D eigenvalue weighted by Crippen LogP contribution is -2.26. The van der Waals surface area contributed by atoms with Gasteiger partial charge >= 0.3 is 0 Å². The van der Waals surface area contributed by atoms with Crippen LogP contribution >= 0.6 is 0 Å². The van der Waals surface area contributed by atoms with Crippen LogP contribution in [0.4, 0.5) is 11.4 Å². The van der Waals surface area contributed by atoms with E-state index in [9.17, 15) is 0 Å². The number of nitrogens with two attached hydrogens (primary N) is 1. The predicted octanol–water partition coefficient (Wildman–Crippen LogP) is 4.20. The third-order valence-corrected chi connectivity index (χ3v) is 4.87. The number of anilines is 2. The van der Waals surface area contributed by atoms with Gasteiger partial charge in [0.05, 0.1) is 11.2 Å². The van der Waals surface area contributed by atoms with E-state index in [2.05, 4.69) is 23.3 Å². The number of benzene rings is 1. The largest absolute Gasteiger partial charge is 0.398 e. The summed E-state index contributed by atoms with van der Waals surface area (Å²) in [6.07, 6.45) is 8.51. The summed E-state index contributed by atoms with van der Waals surface area (Å²) in [7, 11) is 0. The fourth-order valence-corrected chi connectivity index (χ4v) is 3.40. The molecule has 0 unspecified atom stereocenters. The molecule has 0 atom stereocenters. The molecule has 0 radical (unpaired) electrons. The molecular formula is C17H23N3. The molecule has 1 aromatic heterocycles. The van der Waals surface area contributed by atoms with E-state index in [1.807, 2.05) is 24.4 Å². The van der Waals surface area contributed by atoms with Gasteiger partial charge in [-0.1, -0.05) is 19.8 Å². The molecule has 0 bridgehead atoms. The van der Waals surface area contributed by atoms with Crippen LogP contribution in [-0.4, -0.2) is 11.5 Å². The number of rotatable bonds is 4. The molecule has 3 nitrogen and oxygen atoms in total. The normalized spacial score (nSPS) is 17.4. The molecule has 1 heterocycles. The molecule has 3 heteroatoms. The minimum absolute atomic E-state index is 0.475. The first-order chi connectivity index (χ1) is 9.74. The van der Waals surface area contributed by atoms with Crippen molar-refractivity contribution >= 4 is 22.3 Å². The average Bonchev–Trinajstić information content (AvgIpc) is 2.96. The van der Waals surface area contributed by atoms with Gasteiger partial charge in [-0.15, -0.1) is 0 Å². The van der Waals surface area contributed by atoms with Gasteiger partial charge < -0.3 is 11.1 Å². The van der Waals surface area contributed by atoms with E-state index in [-0.39, 0.29) is 0 Å². The molecule has 1 aliphatic rings. The summed E-state index contributed by atoms with van der Waals surface area (Å²) < 4.78 is 0. The number of nitrogen functional groups attached to an aromatic ring is 1. The Morgan fingerprint density at radius 2 is 2.05 bits per heavy atom. The van der Waals surface area contributed by atoms with E-state index in [1.54, 1.807) is 0 Å². The topological polar surface area (TPSA) is 50.9 Å². The van der Waals surface area contributed by atoms with Gasteiger partial charge in [-0.25, -0.2) is 0 Å². The molecule has 1 aliphatic carbocycles. The summed E-state index contributed by atoms with van der Waals surface area (Å²) in [5.41, 5.74) is 9.39. The lowest BCUT2D eigenvalue weighted by Gasteiger charge is -2.28. The van der Waals surface area contributed by atoms with Crippen molar-refractivity contribution in [3.05, 3.63) is 30.5 Å². The molecule has 0 spiro atoms. The Morgan fingerprint density at radius 3 is 2.80 bits per heavy atom. The van der Waals surface area contributed by atoms with Crippen LogP contribution < -0.4 is 11.1 Å². The van der Waals surface area contributed by atoms with Crippen LogP contribution in [0.1, 0.15) is 39.0 Å². The van der Waals surface area contributed by atoms with E-state index in [1.165, 1.54) is 32.1 Å². The quantitative estimate of drug-likeness (QED) is 0.818. The van der Waals surface area contributed by atoms with Crippen LogP contribution in [-0.2, 0) is 0 Å². The Hall–Kier alpha value is -1.77. The first-order valence-corrected chi connectivity index (χ1v) is 7.61. The summed E-state index contributed by atoms with van der Waals surface area (Å²) in [6.45, 7) is 3.35. The highest BCUT2D eigenvalue weighted by molar-refractivity contribution is 5.98. The molecule has 2 aromatic rings. The summed E-state index contributed by atoms with van der Waals surface area (Å²) in [4.78, 5) is 4.49. The Morgan fingerprint density at radius 1 is 1.25 bits per heavy atom. The van der Waals surface area contributed by atoms with Gasteiger partial charge in [-0.3, -0.25) is 4.98 Å². The Kier molecular flexibility index (Phi) is 3.51. The van der Waals surface area contributed by atoms with Crippen LogP contribution in [0.25, 0.3) is 10.9 Å². The number of aromatic nitrogens is 1. The highest BCUT2D eigenvalue weighted by atomic mass is 14.9. The van der Waals surface area contributed by atoms with Crippen molar-refractivity contribution in [2.45, 2.75) is 39.0 Å². The van der Waals surface area contributed by atoms with Crippen molar-refractivity contribution in [3.63, 3.8) is 0 Å². The van der Waals surface area contributed by atoms with E-state index < -0.39 is 0 Å². The van der Waals surface area contributed by atoms with Gasteiger partial charge in [0.2, 0.25) is 0 Å². The molecule has 20 heavy (non-hydrogen) atoms. The van der Waals surface area contributed by atoms with Crippen molar-refractivity contribution in [2.75, 3.05) is 17.6 Å². The first-order valence-electron chi connectivity index (χ1n) is 7.61. The Bertz CT molecular complexity index is 600. The van der Waals surface area contributed by atoms with Gasteiger partial charge in [-0.05, 0) is 48.9 Å². The minimum atomic E-state index is 0.475. The summed E-state index contributed by atoms with van der Waals surface area (Å²) in [6, 6.07) is 8.00. The number of nitrogens with one attached hydrogen (secondary N) is 1. The zero-order valence-corrected chi connectivity index (χ0v) is 12.2. The van der Waals surface area contributed by atoms with Crippen LogP contribution in [0, 0.1) is 5.41 Å². The van der Waals surface area contributed by atoms with E-state index in [4.69, 9.17) is 5.73 Å². The number of hydrogen-bond donors (Lipinski definition) is 2. The third kappa shape index (κ3) is 2.33. The molecule has 3 N–H and O–H groups in total. The molecule has 0 amide bonds. The zero-order valence-electron chi connectivity index (χ0n) is 12.2. The highest BCUT2D eigenvalue weighted by Crippen LogP contribution is 2.41. The lowest BCUT2D eigenvalue weighted by atomic mass is 9.83. The van der Waals surface area contributed by atoms with E-state index in [0.717, 1.165) is 28.8 Å². The van der Waals surface area contributed by atoms with Crippen molar-refractivity contribution in [2.24, 2.45) is 5.41 Å². The molecule has 1 saturated carbocycles. The predicted molar refractivity (Wildman–Crippen MR) is 85.8 cm³/mol. The fourth-order valence-electron chi connectivity index (χ4n) is 3.40. The van der Waals surface area contributed by atoms with Crippen LogP contribution in [0.2, 0.25) is 0 Å². The molecular weight excluding hydrogens is 246 g/mol. The smallest absolute Gasteiger partial charge is 0.0953 e. The minimum Gasteiger partial charge on any atom is -0.398 e. The molecule has 106 valence electrons. The number of hydrogen-bond acceptors (Lipinski definition) is 3. The van der Waals surface area contributed by atoms with Crippen LogP contribution in [0.15, 0.2) is 30.5 Å². The second kappa shape index (κ2) is 5.31. The van der Waals surface area contributed by atoms with Crippen LogP contribution in [0.5, 0.6) is 0 Å². The second-order valence-corrected chi connectivity index (χ2v) is 6.02. The van der Waals surface area contributed by atoms with E-state index >= 15 is 0 Å². The van der Waals surface area contributed by atoms with E-state index in [0.29, 0.717) is 5.41 Å². The van der Waals surface area contributed by atoms with Gasteiger partial charge in [0.25, 0.3) is 0 Å². The second-order valence-electron chi connectivity index (χ2n) is 6.02. The molecule has 0 saturated heterocycles. The Labute approximate surface area is 120 Å². The van der Waals surface area contributed by atoms with Gasteiger partial charge in [0.15, 0.2) is 0 Å². The summed E-state index contributed by atoms with van der Waals surface area (Å²) in [5, 5.41) is 4.67. The van der Waals surface area contributed by atoms with Gasteiger partial charge in [-0.2, -0.15) is 0 Å². The molecule has 1 aromatic carbocycles. The lowest BCUT2D eigenvalue weighted by molar-refractivity contribution is 0.307. The SMILES string of the molecule is CCC1(CNc2ccc(N)c3cccnc23)CCCC1. The standard InChI is InChI=1S/C17H23N3/c1-2-17(9-3-4-10-17)12-20-15-8-7-14(18)13-6-5-11-19-16(13)15/h5-8,11,20H,2-4,9-10,12,18H2,1H3. The molecule has 1 fully saturated rings. The zero-order chi connectivity index (χ0) is 14.0. The van der Waals surface area contributed by atoms with Gasteiger partial charge in [0.1, 0.15) is 0 Å². The van der Waals surface area contributed by atoms with Crippen molar-refractivity contribution in [1.29, 1.82) is 0 Å². The van der Waals surface area contributed by atoms with Crippen molar-refractivity contribution < 1.29 is 0 Å². The summed E-state index contributed by atoms with van der Waals surface area (Å²) >= 11 is 0. The fraction of sp³-hybridized carbons (Fsp3) is 0.471. The van der Waals surface area contributed by atoms with Crippen molar-refractivity contribution in [3.8, 4) is 0 Å². The van der Waals surface area contributed by atoms with Crippen molar-refractivity contribution in [1.82, 2.24) is 4.98 Å². The maximum atomic E-state index is 6.03. The third-order valence-electron chi connectivity index (χ3n) is 4.87. The highest BCUT2D eigenvalue weighted by Gasteiger charge is 2.31.